The smallest absolute Gasteiger partial charge is 0.362 e. The number of esters is 2. The van der Waals surface area contributed by atoms with Crippen molar-refractivity contribution in [1.82, 2.24) is 0 Å². The first kappa shape index (κ1) is 58.8. The number of carbonyl (C=O) groups is 3. The Morgan fingerprint density at radius 3 is 1.44 bits per heavy atom. The van der Waals surface area contributed by atoms with Crippen molar-refractivity contribution in [3.8, 4) is 0 Å². The molecule has 8 heteroatoms. The highest BCUT2D eigenvalue weighted by Gasteiger charge is 2.31. The third-order valence-corrected chi connectivity index (χ3v) is 10.9. The Labute approximate surface area is 381 Å². The van der Waals surface area contributed by atoms with Crippen molar-refractivity contribution in [2.24, 2.45) is 0 Å². The maximum atomic E-state index is 12.8. The van der Waals surface area contributed by atoms with Crippen LogP contribution in [0.2, 0.25) is 0 Å². The molecule has 2 unspecified atom stereocenters. The lowest BCUT2D eigenvalue weighted by molar-refractivity contribution is -0.887. The number of carbonyl (C=O) groups excluding carboxylic acids is 2. The van der Waals surface area contributed by atoms with Crippen molar-refractivity contribution >= 4 is 17.9 Å². The summed E-state index contributed by atoms with van der Waals surface area (Å²) in [7, 11) is 5.52. The number of nitrogens with zero attached hydrogens (tertiary/aromatic N) is 1. The van der Waals surface area contributed by atoms with Crippen LogP contribution in [0.25, 0.3) is 0 Å². The van der Waals surface area contributed by atoms with Gasteiger partial charge in [0.15, 0.2) is 12.1 Å². The minimum Gasteiger partial charge on any atom is -0.477 e. The number of likely N-dealkylation sites (N-methyl/N-ethyl adjacent to an activating group) is 1. The van der Waals surface area contributed by atoms with Crippen LogP contribution in [-0.4, -0.2) is 80.6 Å². The van der Waals surface area contributed by atoms with E-state index in [2.05, 4.69) is 86.8 Å². The third kappa shape index (κ3) is 42.1. The number of carboxylic acid groups (broad SMARTS) is 1. The molecular formula is C54H94NO7+. The zero-order valence-corrected chi connectivity index (χ0v) is 40.6. The van der Waals surface area contributed by atoms with Crippen LogP contribution >= 0.6 is 0 Å². The summed E-state index contributed by atoms with van der Waals surface area (Å²) < 4.78 is 17.3. The number of carboxylic acids is 1. The van der Waals surface area contributed by atoms with E-state index in [-0.39, 0.29) is 36.2 Å². The molecule has 0 aliphatic rings. The van der Waals surface area contributed by atoms with Gasteiger partial charge in [0.2, 0.25) is 0 Å². The fourth-order valence-electron chi connectivity index (χ4n) is 7.01. The second-order valence-corrected chi connectivity index (χ2v) is 17.7. The van der Waals surface area contributed by atoms with E-state index in [0.717, 1.165) is 77.0 Å². The Balaban J connectivity index is 4.30. The first-order valence-corrected chi connectivity index (χ1v) is 25.0. The Kier molecular flexibility index (Phi) is 42.1. The number of ether oxygens (including phenoxy) is 3. The molecular weight excluding hydrogens is 775 g/mol. The molecule has 0 amide bonds. The molecule has 0 aromatic heterocycles. The van der Waals surface area contributed by atoms with Crippen molar-refractivity contribution in [3.05, 3.63) is 72.9 Å². The van der Waals surface area contributed by atoms with Crippen LogP contribution in [0.3, 0.4) is 0 Å². The maximum Gasteiger partial charge on any atom is 0.362 e. The van der Waals surface area contributed by atoms with Gasteiger partial charge in [-0.15, -0.1) is 0 Å². The lowest BCUT2D eigenvalue weighted by Crippen LogP contribution is -2.50. The van der Waals surface area contributed by atoms with Gasteiger partial charge in [-0.2, -0.15) is 0 Å². The van der Waals surface area contributed by atoms with Crippen LogP contribution in [0.1, 0.15) is 200 Å². The lowest BCUT2D eigenvalue weighted by Gasteiger charge is -2.31. The van der Waals surface area contributed by atoms with E-state index in [0.29, 0.717) is 19.3 Å². The highest BCUT2D eigenvalue weighted by molar-refractivity contribution is 5.72. The standard InChI is InChI=1S/C54H93NO7/c1-6-8-10-12-14-16-18-20-22-24-26-28-30-32-34-36-38-40-42-44-52(56)61-49-50(48-60-47-46-51(54(58)59)55(3,4)5)62-53(57)45-43-41-39-37-35-33-31-29-27-25-23-21-19-17-15-13-11-9-7-2/h9,11,14-18,20-21,23,27,29,50-51H,6-8,10,12-13,19,22,24-26,28,30-49H2,1-5H3/p+1/b11-9+,16-14+,17-15+,20-18+,23-21+,29-27+. The van der Waals surface area contributed by atoms with E-state index >= 15 is 0 Å². The second-order valence-electron chi connectivity index (χ2n) is 17.7. The van der Waals surface area contributed by atoms with Gasteiger partial charge in [0.25, 0.3) is 0 Å². The van der Waals surface area contributed by atoms with Crippen LogP contribution in [-0.2, 0) is 28.6 Å². The van der Waals surface area contributed by atoms with Crippen LogP contribution in [0, 0.1) is 0 Å². The molecule has 0 aromatic carbocycles. The van der Waals surface area contributed by atoms with Gasteiger partial charge in [-0.3, -0.25) is 9.59 Å². The molecule has 0 aliphatic carbocycles. The fourth-order valence-corrected chi connectivity index (χ4v) is 7.01. The fraction of sp³-hybridized carbons (Fsp3) is 0.722. The molecule has 356 valence electrons. The molecule has 0 fully saturated rings. The van der Waals surface area contributed by atoms with E-state index in [9.17, 15) is 19.5 Å². The van der Waals surface area contributed by atoms with Gasteiger partial charge in [0, 0.05) is 19.3 Å². The SMILES string of the molecule is CC/C=C/C/C=C/C/C=C/C/C=C/CCCCCCCCC(=O)OC(COCCC(C(=O)O)[N+](C)(C)C)COC(=O)CCCCCCCCCCCC/C=C/C=C/CCCCC. The zero-order chi connectivity index (χ0) is 45.6. The van der Waals surface area contributed by atoms with Crippen molar-refractivity contribution in [1.29, 1.82) is 0 Å². The molecule has 0 saturated heterocycles. The minimum atomic E-state index is -0.880. The van der Waals surface area contributed by atoms with Crippen LogP contribution in [0.4, 0.5) is 0 Å². The monoisotopic (exact) mass is 869 g/mol. The molecule has 1 N–H and O–H groups in total. The van der Waals surface area contributed by atoms with Crippen molar-refractivity contribution in [3.63, 3.8) is 0 Å². The number of aliphatic carboxylic acids is 1. The zero-order valence-electron chi connectivity index (χ0n) is 40.6. The summed E-state index contributed by atoms with van der Waals surface area (Å²) in [5, 5.41) is 9.65. The van der Waals surface area contributed by atoms with E-state index in [4.69, 9.17) is 14.2 Å². The highest BCUT2D eigenvalue weighted by atomic mass is 16.6. The summed E-state index contributed by atoms with van der Waals surface area (Å²) in [5.41, 5.74) is 0. The largest absolute Gasteiger partial charge is 0.477 e. The van der Waals surface area contributed by atoms with Crippen LogP contribution in [0.5, 0.6) is 0 Å². The van der Waals surface area contributed by atoms with Crippen molar-refractivity contribution in [2.75, 3.05) is 41.0 Å². The molecule has 0 bridgehead atoms. The maximum absolute atomic E-state index is 12.8. The predicted octanol–water partition coefficient (Wildman–Crippen LogP) is 14.3. The summed E-state index contributed by atoms with van der Waals surface area (Å²) in [6.07, 6.45) is 56.5. The summed E-state index contributed by atoms with van der Waals surface area (Å²) in [6.45, 7) is 4.58. The van der Waals surface area contributed by atoms with Crippen molar-refractivity contribution < 1.29 is 38.2 Å². The highest BCUT2D eigenvalue weighted by Crippen LogP contribution is 2.15. The summed E-state index contributed by atoms with van der Waals surface area (Å²) in [6, 6.07) is -0.621. The molecule has 0 aromatic rings. The van der Waals surface area contributed by atoms with Crippen LogP contribution < -0.4 is 0 Å². The number of hydrogen-bond acceptors (Lipinski definition) is 6. The molecule has 0 heterocycles. The topological polar surface area (TPSA) is 99.1 Å². The number of rotatable bonds is 44. The summed E-state index contributed by atoms with van der Waals surface area (Å²) >= 11 is 0. The molecule has 0 rings (SSSR count). The quantitative estimate of drug-likeness (QED) is 0.0214. The number of hydrogen-bond donors (Lipinski definition) is 1. The first-order chi connectivity index (χ1) is 30.1. The second kappa shape index (κ2) is 44.4. The van der Waals surface area contributed by atoms with Gasteiger partial charge < -0.3 is 23.8 Å². The molecule has 0 spiro atoms. The van der Waals surface area contributed by atoms with E-state index in [1.807, 2.05) is 21.1 Å². The van der Waals surface area contributed by atoms with Crippen molar-refractivity contribution in [2.45, 2.75) is 212 Å². The van der Waals surface area contributed by atoms with Gasteiger partial charge >= 0.3 is 17.9 Å². The molecule has 2 atom stereocenters. The molecule has 62 heavy (non-hydrogen) atoms. The molecule has 0 saturated carbocycles. The average Bonchev–Trinajstić information content (AvgIpc) is 3.23. The Hall–Kier alpha value is -3.23. The predicted molar refractivity (Wildman–Crippen MR) is 261 cm³/mol. The molecule has 0 aliphatic heterocycles. The summed E-state index contributed by atoms with van der Waals surface area (Å²) in [5.74, 6) is -1.49. The van der Waals surface area contributed by atoms with Crippen LogP contribution in [0.15, 0.2) is 72.9 Å². The number of allylic oxidation sites excluding steroid dienone is 12. The van der Waals surface area contributed by atoms with Gasteiger partial charge in [-0.1, -0.05) is 177 Å². The summed E-state index contributed by atoms with van der Waals surface area (Å²) in [4.78, 5) is 37.1. The Bertz CT molecular complexity index is 1240. The van der Waals surface area contributed by atoms with E-state index < -0.39 is 18.1 Å². The van der Waals surface area contributed by atoms with Gasteiger partial charge in [-0.25, -0.2) is 4.79 Å². The van der Waals surface area contributed by atoms with Gasteiger partial charge in [0.05, 0.1) is 34.4 Å². The average molecular weight is 869 g/mol. The Morgan fingerprint density at radius 2 is 0.952 bits per heavy atom. The first-order valence-electron chi connectivity index (χ1n) is 25.0. The normalized spacial score (nSPS) is 13.5. The lowest BCUT2D eigenvalue weighted by atomic mass is 10.1. The van der Waals surface area contributed by atoms with Gasteiger partial charge in [0.1, 0.15) is 6.61 Å². The number of quaternary nitrogens is 1. The molecule has 8 nitrogen and oxygen atoms in total. The minimum absolute atomic E-state index is 0.0513. The van der Waals surface area contributed by atoms with E-state index in [1.165, 1.54) is 89.9 Å². The molecule has 0 radical (unpaired) electrons. The third-order valence-electron chi connectivity index (χ3n) is 10.9. The van der Waals surface area contributed by atoms with E-state index in [1.54, 1.807) is 0 Å². The Morgan fingerprint density at radius 1 is 0.516 bits per heavy atom. The van der Waals surface area contributed by atoms with Gasteiger partial charge in [-0.05, 0) is 77.0 Å². The number of unbranched alkanes of at least 4 members (excludes halogenated alkanes) is 19.